The van der Waals surface area contributed by atoms with Gasteiger partial charge < -0.3 is 14.5 Å². The maximum atomic E-state index is 10.6. The number of rotatable bonds is 4. The van der Waals surface area contributed by atoms with Crippen molar-refractivity contribution in [2.75, 3.05) is 0 Å². The molecule has 0 atom stereocenters. The summed E-state index contributed by atoms with van der Waals surface area (Å²) in [5.74, 6) is -0.330. The SMILES string of the molecule is O=C(O)CCc1oc(=S)[nH]c1-c1ccc(Cl)cc1. The van der Waals surface area contributed by atoms with E-state index in [4.69, 9.17) is 33.3 Å². The van der Waals surface area contributed by atoms with Crippen molar-refractivity contribution >= 4 is 29.8 Å². The summed E-state index contributed by atoms with van der Waals surface area (Å²) in [6.07, 6.45) is 0.289. The normalized spacial score (nSPS) is 10.5. The van der Waals surface area contributed by atoms with Crippen molar-refractivity contribution in [1.82, 2.24) is 4.98 Å². The number of H-pyrrole nitrogens is 1. The van der Waals surface area contributed by atoms with Gasteiger partial charge in [0.05, 0.1) is 12.1 Å². The van der Waals surface area contributed by atoms with E-state index in [1.165, 1.54) is 0 Å². The third-order valence-corrected chi connectivity index (χ3v) is 2.86. The molecule has 0 radical (unpaired) electrons. The molecule has 0 unspecified atom stereocenters. The predicted octanol–water partition coefficient (Wildman–Crippen LogP) is 3.67. The monoisotopic (exact) mass is 283 g/mol. The third kappa shape index (κ3) is 3.00. The van der Waals surface area contributed by atoms with E-state index in [1.807, 2.05) is 12.1 Å². The Labute approximate surface area is 113 Å². The molecule has 94 valence electrons. The van der Waals surface area contributed by atoms with Crippen molar-refractivity contribution in [2.24, 2.45) is 0 Å². The number of aromatic nitrogens is 1. The maximum absolute atomic E-state index is 10.6. The lowest BCUT2D eigenvalue weighted by Crippen LogP contribution is -1.97. The van der Waals surface area contributed by atoms with Gasteiger partial charge >= 0.3 is 5.97 Å². The molecule has 0 fully saturated rings. The summed E-state index contributed by atoms with van der Waals surface area (Å²) >= 11 is 10.7. The van der Waals surface area contributed by atoms with Crippen LogP contribution in [0.2, 0.25) is 5.02 Å². The topological polar surface area (TPSA) is 66.2 Å². The van der Waals surface area contributed by atoms with Crippen LogP contribution in [0.15, 0.2) is 28.7 Å². The number of oxazole rings is 1. The quantitative estimate of drug-likeness (QED) is 0.840. The lowest BCUT2D eigenvalue weighted by Gasteiger charge is -2.01. The molecule has 1 heterocycles. The molecule has 1 aromatic heterocycles. The number of hydrogen-bond acceptors (Lipinski definition) is 3. The fraction of sp³-hybridized carbons (Fsp3) is 0.167. The first-order valence-electron chi connectivity index (χ1n) is 5.26. The van der Waals surface area contributed by atoms with Crippen molar-refractivity contribution < 1.29 is 14.3 Å². The summed E-state index contributed by atoms with van der Waals surface area (Å²) < 4.78 is 5.31. The second-order valence-electron chi connectivity index (χ2n) is 3.71. The number of carboxylic acid groups (broad SMARTS) is 1. The summed E-state index contributed by atoms with van der Waals surface area (Å²) in [5.41, 5.74) is 1.57. The van der Waals surface area contributed by atoms with Crippen LogP contribution in [0.25, 0.3) is 11.3 Å². The third-order valence-electron chi connectivity index (χ3n) is 2.42. The standard InChI is InChI=1S/C12H10ClNO3S/c13-8-3-1-7(2-4-8)11-9(5-6-10(15)16)17-12(18)14-11/h1-4H,5-6H2,(H,14,18)(H,15,16). The Bertz CT molecular complexity index is 615. The molecular formula is C12H10ClNO3S. The van der Waals surface area contributed by atoms with Crippen LogP contribution < -0.4 is 0 Å². The zero-order chi connectivity index (χ0) is 13.1. The van der Waals surface area contributed by atoms with Gasteiger partial charge in [-0.3, -0.25) is 4.79 Å². The molecule has 0 spiro atoms. The van der Waals surface area contributed by atoms with E-state index < -0.39 is 5.97 Å². The van der Waals surface area contributed by atoms with Crippen LogP contribution in [0, 0.1) is 4.84 Å². The molecule has 0 bridgehead atoms. The summed E-state index contributed by atoms with van der Waals surface area (Å²) in [6, 6.07) is 7.15. The predicted molar refractivity (Wildman–Crippen MR) is 70.3 cm³/mol. The molecule has 2 aromatic rings. The van der Waals surface area contributed by atoms with Crippen LogP contribution in [0.3, 0.4) is 0 Å². The van der Waals surface area contributed by atoms with Gasteiger partial charge in [0.25, 0.3) is 4.84 Å². The van der Waals surface area contributed by atoms with Gasteiger partial charge in [0.2, 0.25) is 0 Å². The summed E-state index contributed by atoms with van der Waals surface area (Å²) in [6.45, 7) is 0. The summed E-state index contributed by atoms with van der Waals surface area (Å²) in [5, 5.41) is 9.32. The second-order valence-corrected chi connectivity index (χ2v) is 4.52. The van der Waals surface area contributed by atoms with E-state index in [0.717, 1.165) is 5.56 Å². The average Bonchev–Trinajstić information content (AvgIpc) is 2.69. The molecule has 4 nitrogen and oxygen atoms in total. The van der Waals surface area contributed by atoms with Crippen LogP contribution in [0.1, 0.15) is 12.2 Å². The van der Waals surface area contributed by atoms with Crippen LogP contribution in [-0.2, 0) is 11.2 Å². The summed E-state index contributed by atoms with van der Waals surface area (Å²) in [7, 11) is 0. The van der Waals surface area contributed by atoms with E-state index >= 15 is 0 Å². The minimum Gasteiger partial charge on any atom is -0.481 e. The number of aliphatic carboxylic acids is 1. The van der Waals surface area contributed by atoms with Gasteiger partial charge in [-0.05, 0) is 24.4 Å². The highest BCUT2D eigenvalue weighted by atomic mass is 35.5. The van der Waals surface area contributed by atoms with Crippen molar-refractivity contribution in [2.45, 2.75) is 12.8 Å². The molecule has 0 saturated heterocycles. The first kappa shape index (κ1) is 12.9. The van der Waals surface area contributed by atoms with Crippen LogP contribution in [0.4, 0.5) is 0 Å². The molecule has 0 aliphatic rings. The zero-order valence-electron chi connectivity index (χ0n) is 9.27. The Morgan fingerprint density at radius 1 is 1.39 bits per heavy atom. The smallest absolute Gasteiger partial charge is 0.303 e. The molecule has 2 rings (SSSR count). The van der Waals surface area contributed by atoms with Gasteiger partial charge in [-0.1, -0.05) is 23.7 Å². The first-order chi connectivity index (χ1) is 8.56. The molecule has 0 saturated carbocycles. The van der Waals surface area contributed by atoms with Crippen LogP contribution in [0.5, 0.6) is 0 Å². The Morgan fingerprint density at radius 2 is 2.06 bits per heavy atom. The Kier molecular flexibility index (Phi) is 3.84. The fourth-order valence-electron chi connectivity index (χ4n) is 1.61. The number of nitrogens with one attached hydrogen (secondary N) is 1. The molecular weight excluding hydrogens is 274 g/mol. The van der Waals surface area contributed by atoms with Gasteiger partial charge in [-0.2, -0.15) is 0 Å². The zero-order valence-corrected chi connectivity index (χ0v) is 10.8. The minimum absolute atomic E-state index is 0.00326. The number of benzene rings is 1. The van der Waals surface area contributed by atoms with E-state index in [9.17, 15) is 4.79 Å². The van der Waals surface area contributed by atoms with Crippen molar-refractivity contribution in [1.29, 1.82) is 0 Å². The van der Waals surface area contributed by atoms with Crippen molar-refractivity contribution in [3.63, 3.8) is 0 Å². The van der Waals surface area contributed by atoms with Gasteiger partial charge in [-0.15, -0.1) is 0 Å². The summed E-state index contributed by atoms with van der Waals surface area (Å²) in [4.78, 5) is 13.7. The fourth-order valence-corrected chi connectivity index (χ4v) is 1.94. The van der Waals surface area contributed by atoms with Gasteiger partial charge in [0.1, 0.15) is 5.76 Å². The lowest BCUT2D eigenvalue weighted by atomic mass is 10.1. The minimum atomic E-state index is -0.876. The highest BCUT2D eigenvalue weighted by Crippen LogP contribution is 2.25. The highest BCUT2D eigenvalue weighted by Gasteiger charge is 2.12. The van der Waals surface area contributed by atoms with Crippen LogP contribution >= 0.6 is 23.8 Å². The molecule has 0 amide bonds. The molecule has 6 heteroatoms. The maximum Gasteiger partial charge on any atom is 0.303 e. The number of carboxylic acids is 1. The average molecular weight is 284 g/mol. The van der Waals surface area contributed by atoms with E-state index in [-0.39, 0.29) is 11.3 Å². The Morgan fingerprint density at radius 3 is 2.67 bits per heavy atom. The molecule has 0 aliphatic heterocycles. The molecule has 1 aromatic carbocycles. The Balaban J connectivity index is 2.34. The van der Waals surface area contributed by atoms with Crippen LogP contribution in [-0.4, -0.2) is 16.1 Å². The largest absolute Gasteiger partial charge is 0.481 e. The van der Waals surface area contributed by atoms with Crippen molar-refractivity contribution in [3.8, 4) is 11.3 Å². The van der Waals surface area contributed by atoms with E-state index in [1.54, 1.807) is 12.1 Å². The van der Waals surface area contributed by atoms with Gasteiger partial charge in [0, 0.05) is 17.0 Å². The highest BCUT2D eigenvalue weighted by molar-refractivity contribution is 7.71. The number of aromatic amines is 1. The lowest BCUT2D eigenvalue weighted by molar-refractivity contribution is -0.137. The number of halogens is 1. The number of hydrogen-bond donors (Lipinski definition) is 2. The first-order valence-corrected chi connectivity index (χ1v) is 6.04. The van der Waals surface area contributed by atoms with Crippen molar-refractivity contribution in [3.05, 3.63) is 39.9 Å². The molecule has 18 heavy (non-hydrogen) atoms. The number of aryl methyl sites for hydroxylation is 1. The molecule has 2 N–H and O–H groups in total. The van der Waals surface area contributed by atoms with E-state index in [0.29, 0.717) is 22.9 Å². The molecule has 0 aliphatic carbocycles. The second kappa shape index (κ2) is 5.37. The van der Waals surface area contributed by atoms with Gasteiger partial charge in [0.15, 0.2) is 0 Å². The van der Waals surface area contributed by atoms with E-state index in [2.05, 4.69) is 4.98 Å². The Hall–Kier alpha value is -1.59. The number of carbonyl (C=O) groups is 1. The van der Waals surface area contributed by atoms with Gasteiger partial charge in [-0.25, -0.2) is 0 Å².